The van der Waals surface area contributed by atoms with Crippen molar-refractivity contribution in [1.82, 2.24) is 10.2 Å². The Balaban J connectivity index is 1.78. The first-order chi connectivity index (χ1) is 12.5. The number of amides is 4. The Labute approximate surface area is 152 Å². The summed E-state index contributed by atoms with van der Waals surface area (Å²) in [4.78, 5) is 50.0. The number of benzene rings is 1. The molecule has 4 amide bonds. The lowest BCUT2D eigenvalue weighted by Crippen LogP contribution is -2.54. The summed E-state index contributed by atoms with van der Waals surface area (Å²) in [6.45, 7) is 2.78. The Morgan fingerprint density at radius 3 is 2.77 bits per heavy atom. The monoisotopic (exact) mass is 356 g/mol. The average Bonchev–Trinajstić information content (AvgIpc) is 2.87. The molecule has 7 heteroatoms. The van der Waals surface area contributed by atoms with Gasteiger partial charge in [-0.25, -0.2) is 0 Å². The number of hydrogen-bond donors (Lipinski definition) is 2. The van der Waals surface area contributed by atoms with Crippen LogP contribution in [0.2, 0.25) is 0 Å². The van der Waals surface area contributed by atoms with Gasteiger partial charge in [0.1, 0.15) is 6.04 Å². The lowest BCUT2D eigenvalue weighted by Gasteiger charge is -2.27. The molecule has 0 aromatic heterocycles. The van der Waals surface area contributed by atoms with Gasteiger partial charge in [0.25, 0.3) is 11.8 Å². The lowest BCUT2D eigenvalue weighted by molar-refractivity contribution is -0.136. The highest BCUT2D eigenvalue weighted by Crippen LogP contribution is 2.32. The fraction of sp³-hybridized carbons (Fsp3) is 0.421. The van der Waals surface area contributed by atoms with E-state index in [-0.39, 0.29) is 18.7 Å². The minimum atomic E-state index is -0.938. The smallest absolute Gasteiger partial charge is 0.264 e. The van der Waals surface area contributed by atoms with Gasteiger partial charge in [-0.05, 0) is 37.8 Å². The normalized spacial score (nSPS) is 19.6. The molecule has 137 valence electrons. The second-order valence-corrected chi connectivity index (χ2v) is 6.44. The van der Waals surface area contributed by atoms with E-state index < -0.39 is 23.8 Å². The second kappa shape index (κ2) is 7.68. The summed E-state index contributed by atoms with van der Waals surface area (Å²) >= 11 is 0. The first-order valence-electron chi connectivity index (χ1n) is 8.94. The number of imide groups is 2. The summed E-state index contributed by atoms with van der Waals surface area (Å²) in [6.07, 6.45) is 5.39. The molecule has 1 unspecified atom stereocenters. The number of anilines is 1. The van der Waals surface area contributed by atoms with Gasteiger partial charge in [0, 0.05) is 18.7 Å². The van der Waals surface area contributed by atoms with Crippen LogP contribution in [0, 0.1) is 6.42 Å². The van der Waals surface area contributed by atoms with Gasteiger partial charge >= 0.3 is 0 Å². The molecular formula is C19H22N3O4. The maximum absolute atomic E-state index is 12.9. The molecule has 2 heterocycles. The summed E-state index contributed by atoms with van der Waals surface area (Å²) in [6, 6.07) is 4.14. The minimum absolute atomic E-state index is 0.114. The molecule has 0 bridgehead atoms. The minimum Gasteiger partial charge on any atom is -0.384 e. The molecular weight excluding hydrogens is 334 g/mol. The van der Waals surface area contributed by atoms with Gasteiger partial charge in [-0.1, -0.05) is 19.4 Å². The number of nitrogens with zero attached hydrogens (tertiary/aromatic N) is 1. The van der Waals surface area contributed by atoms with Crippen molar-refractivity contribution >= 4 is 29.3 Å². The van der Waals surface area contributed by atoms with Gasteiger partial charge in [-0.3, -0.25) is 29.4 Å². The molecule has 7 nitrogen and oxygen atoms in total. The van der Waals surface area contributed by atoms with Crippen molar-refractivity contribution in [2.45, 2.75) is 45.1 Å². The van der Waals surface area contributed by atoms with Crippen LogP contribution in [-0.4, -0.2) is 41.1 Å². The van der Waals surface area contributed by atoms with Gasteiger partial charge in [0.05, 0.1) is 11.1 Å². The molecule has 1 aromatic rings. The molecule has 3 rings (SSSR count). The topological polar surface area (TPSA) is 95.6 Å². The molecule has 1 fully saturated rings. The number of hydrogen-bond acceptors (Lipinski definition) is 5. The van der Waals surface area contributed by atoms with E-state index in [1.807, 2.05) is 0 Å². The van der Waals surface area contributed by atoms with Crippen molar-refractivity contribution in [1.29, 1.82) is 0 Å². The van der Waals surface area contributed by atoms with Crippen LogP contribution in [0.5, 0.6) is 0 Å². The fourth-order valence-electron chi connectivity index (χ4n) is 3.34. The first kappa shape index (κ1) is 18.1. The molecule has 1 saturated heterocycles. The van der Waals surface area contributed by atoms with Crippen molar-refractivity contribution < 1.29 is 19.2 Å². The number of carbonyl (C=O) groups is 4. The standard InChI is InChI=1S/C19H22N3O4/c1-2-3-4-5-11-20-13-8-6-7-12-16(13)19(26)22(18(12)25)14-9-10-15(23)21-17(14)24/h3,6-8,14,20H,2,4-5,9-11H2,1H3,(H,21,23,24). The molecule has 2 aliphatic heterocycles. The van der Waals surface area contributed by atoms with E-state index in [4.69, 9.17) is 0 Å². The Kier molecular flexibility index (Phi) is 5.35. The van der Waals surface area contributed by atoms with Crippen molar-refractivity contribution in [3.05, 3.63) is 35.7 Å². The van der Waals surface area contributed by atoms with Crippen LogP contribution in [0.25, 0.3) is 0 Å². The molecule has 1 radical (unpaired) electrons. The van der Waals surface area contributed by atoms with Gasteiger partial charge in [0.15, 0.2) is 0 Å². The maximum atomic E-state index is 12.9. The van der Waals surface area contributed by atoms with Gasteiger partial charge in [0.2, 0.25) is 11.8 Å². The van der Waals surface area contributed by atoms with E-state index >= 15 is 0 Å². The van der Waals surface area contributed by atoms with Crippen LogP contribution in [-0.2, 0) is 9.59 Å². The summed E-state index contributed by atoms with van der Waals surface area (Å²) < 4.78 is 0. The van der Waals surface area contributed by atoms with Crippen LogP contribution in [0.3, 0.4) is 0 Å². The van der Waals surface area contributed by atoms with Crippen molar-refractivity contribution in [2.75, 3.05) is 11.9 Å². The number of rotatable bonds is 7. The predicted molar refractivity (Wildman–Crippen MR) is 95.4 cm³/mol. The second-order valence-electron chi connectivity index (χ2n) is 6.44. The zero-order valence-corrected chi connectivity index (χ0v) is 14.7. The summed E-state index contributed by atoms with van der Waals surface area (Å²) in [7, 11) is 0. The number of nitrogens with one attached hydrogen (secondary N) is 2. The van der Waals surface area contributed by atoms with Crippen LogP contribution < -0.4 is 10.6 Å². The third-order valence-electron chi connectivity index (χ3n) is 4.66. The van der Waals surface area contributed by atoms with E-state index in [2.05, 4.69) is 24.0 Å². The molecule has 0 saturated carbocycles. The van der Waals surface area contributed by atoms with Crippen LogP contribution in [0.4, 0.5) is 5.69 Å². The van der Waals surface area contributed by atoms with Crippen LogP contribution in [0.1, 0.15) is 59.7 Å². The highest BCUT2D eigenvalue weighted by Gasteiger charge is 2.45. The largest absolute Gasteiger partial charge is 0.384 e. The van der Waals surface area contributed by atoms with Gasteiger partial charge < -0.3 is 5.32 Å². The highest BCUT2D eigenvalue weighted by molar-refractivity contribution is 6.25. The molecule has 0 aliphatic carbocycles. The van der Waals surface area contributed by atoms with Gasteiger partial charge in [-0.2, -0.15) is 0 Å². The van der Waals surface area contributed by atoms with E-state index in [0.717, 1.165) is 24.2 Å². The lowest BCUT2D eigenvalue weighted by atomic mass is 10.0. The van der Waals surface area contributed by atoms with Gasteiger partial charge in [-0.15, -0.1) is 0 Å². The molecule has 1 atom stereocenters. The van der Waals surface area contributed by atoms with E-state index in [1.54, 1.807) is 18.2 Å². The van der Waals surface area contributed by atoms with Crippen molar-refractivity contribution in [3.63, 3.8) is 0 Å². The van der Waals surface area contributed by atoms with Crippen molar-refractivity contribution in [3.8, 4) is 0 Å². The van der Waals surface area contributed by atoms with Crippen molar-refractivity contribution in [2.24, 2.45) is 0 Å². The quantitative estimate of drug-likeness (QED) is 0.575. The fourth-order valence-corrected chi connectivity index (χ4v) is 3.34. The molecule has 26 heavy (non-hydrogen) atoms. The van der Waals surface area contributed by atoms with E-state index in [9.17, 15) is 19.2 Å². The summed E-state index contributed by atoms with van der Waals surface area (Å²) in [5, 5.41) is 5.42. The number of fused-ring (bicyclic) bond motifs is 1. The molecule has 2 N–H and O–H groups in total. The Bertz CT molecular complexity index is 759. The average molecular weight is 356 g/mol. The first-order valence-corrected chi connectivity index (χ1v) is 8.94. The third kappa shape index (κ3) is 3.34. The summed E-state index contributed by atoms with van der Waals surface area (Å²) in [5.74, 6) is -1.94. The molecule has 1 aromatic carbocycles. The summed E-state index contributed by atoms with van der Waals surface area (Å²) in [5.41, 5.74) is 1.21. The van der Waals surface area contributed by atoms with Crippen LogP contribution in [0.15, 0.2) is 18.2 Å². The predicted octanol–water partition coefficient (Wildman–Crippen LogP) is 1.89. The number of unbranched alkanes of at least 4 members (excludes halogenated alkanes) is 3. The Morgan fingerprint density at radius 1 is 1.23 bits per heavy atom. The zero-order valence-electron chi connectivity index (χ0n) is 14.7. The number of carbonyl (C=O) groups excluding carboxylic acids is 4. The third-order valence-corrected chi connectivity index (χ3v) is 4.66. The maximum Gasteiger partial charge on any atom is 0.264 e. The van der Waals surface area contributed by atoms with E-state index in [0.29, 0.717) is 23.4 Å². The molecule has 2 aliphatic rings. The SMILES string of the molecule is CC[CH]CCCNc1cccc2c1C(=O)N(C1CCC(=O)NC1=O)C2=O. The molecule has 0 spiro atoms. The van der Waals surface area contributed by atoms with Crippen LogP contribution >= 0.6 is 0 Å². The highest BCUT2D eigenvalue weighted by atomic mass is 16.2. The number of piperidine rings is 1. The van der Waals surface area contributed by atoms with E-state index in [1.165, 1.54) is 0 Å². The zero-order chi connectivity index (χ0) is 18.7. The Morgan fingerprint density at radius 2 is 2.04 bits per heavy atom. The Hall–Kier alpha value is -2.70.